The lowest BCUT2D eigenvalue weighted by Crippen LogP contribution is -2.54. The number of likely N-dealkylation sites (N-methyl/N-ethyl adjacent to an activating group) is 1. The number of amides is 1. The standard InChI is InChI=1S/C9H15N5O2S/c1-2-11-7(15)6-5-16-4-3-14(6)9-12-8(10)13-17-9/h6H,2-5H2,1H3,(H2,10,13)(H,11,15). The van der Waals surface area contributed by atoms with E-state index in [1.54, 1.807) is 0 Å². The summed E-state index contributed by atoms with van der Waals surface area (Å²) in [4.78, 5) is 17.9. The van der Waals surface area contributed by atoms with Crippen LogP contribution in [0, 0.1) is 0 Å². The van der Waals surface area contributed by atoms with E-state index >= 15 is 0 Å². The highest BCUT2D eigenvalue weighted by molar-refractivity contribution is 7.09. The largest absolute Gasteiger partial charge is 0.377 e. The molecular weight excluding hydrogens is 242 g/mol. The third kappa shape index (κ3) is 2.64. The van der Waals surface area contributed by atoms with Crippen molar-refractivity contribution in [3.8, 4) is 0 Å². The van der Waals surface area contributed by atoms with E-state index in [0.717, 1.165) is 0 Å². The molecule has 1 fully saturated rings. The molecule has 0 spiro atoms. The van der Waals surface area contributed by atoms with Gasteiger partial charge >= 0.3 is 0 Å². The zero-order chi connectivity index (χ0) is 12.3. The van der Waals surface area contributed by atoms with Crippen LogP contribution in [0.2, 0.25) is 0 Å². The summed E-state index contributed by atoms with van der Waals surface area (Å²) in [5.74, 6) is 0.187. The van der Waals surface area contributed by atoms with Crippen molar-refractivity contribution in [1.82, 2.24) is 14.7 Å². The number of anilines is 2. The number of hydrogen-bond acceptors (Lipinski definition) is 7. The van der Waals surface area contributed by atoms with Gasteiger partial charge in [-0.1, -0.05) is 0 Å². The van der Waals surface area contributed by atoms with Crippen molar-refractivity contribution in [2.24, 2.45) is 0 Å². The number of rotatable bonds is 3. The Kier molecular flexibility index (Phi) is 3.75. The highest BCUT2D eigenvalue weighted by Gasteiger charge is 2.31. The van der Waals surface area contributed by atoms with Crippen LogP contribution in [-0.4, -0.2) is 47.6 Å². The second-order valence-corrected chi connectivity index (χ2v) is 4.34. The van der Waals surface area contributed by atoms with Crippen molar-refractivity contribution in [1.29, 1.82) is 0 Å². The van der Waals surface area contributed by atoms with Gasteiger partial charge in [-0.3, -0.25) is 4.79 Å². The summed E-state index contributed by atoms with van der Waals surface area (Å²) in [6, 6.07) is -0.351. The first-order chi connectivity index (χ1) is 8.22. The first kappa shape index (κ1) is 12.1. The maximum absolute atomic E-state index is 11.9. The van der Waals surface area contributed by atoms with Gasteiger partial charge in [-0.2, -0.15) is 9.36 Å². The predicted octanol–water partition coefficient (Wildman–Crippen LogP) is -0.538. The summed E-state index contributed by atoms with van der Waals surface area (Å²) in [5.41, 5.74) is 5.50. The van der Waals surface area contributed by atoms with Gasteiger partial charge in [0.1, 0.15) is 6.04 Å². The zero-order valence-electron chi connectivity index (χ0n) is 9.55. The Morgan fingerprint density at radius 1 is 1.76 bits per heavy atom. The van der Waals surface area contributed by atoms with Crippen LogP contribution in [0.1, 0.15) is 6.92 Å². The van der Waals surface area contributed by atoms with E-state index in [2.05, 4.69) is 14.7 Å². The number of aromatic nitrogens is 2. The summed E-state index contributed by atoms with van der Waals surface area (Å²) < 4.78 is 9.26. The quantitative estimate of drug-likeness (QED) is 0.755. The normalized spacial score (nSPS) is 20.3. The molecule has 1 aromatic rings. The SMILES string of the molecule is CCNC(=O)C1COCCN1c1nc(N)ns1. The van der Waals surface area contributed by atoms with E-state index in [4.69, 9.17) is 10.5 Å². The molecule has 17 heavy (non-hydrogen) atoms. The second-order valence-electron chi connectivity index (χ2n) is 3.61. The Labute approximate surface area is 103 Å². The molecule has 8 heteroatoms. The van der Waals surface area contributed by atoms with E-state index in [-0.39, 0.29) is 17.9 Å². The fraction of sp³-hybridized carbons (Fsp3) is 0.667. The number of nitrogens with one attached hydrogen (secondary N) is 1. The molecule has 0 aromatic carbocycles. The minimum absolute atomic E-state index is 0.0547. The van der Waals surface area contributed by atoms with Crippen molar-refractivity contribution in [3.63, 3.8) is 0 Å². The third-order valence-corrected chi connectivity index (χ3v) is 3.23. The molecule has 1 amide bonds. The van der Waals surface area contributed by atoms with Crippen LogP contribution in [0.5, 0.6) is 0 Å². The number of nitrogens with zero attached hydrogens (tertiary/aromatic N) is 3. The minimum Gasteiger partial charge on any atom is -0.377 e. The monoisotopic (exact) mass is 257 g/mol. The second kappa shape index (κ2) is 5.28. The molecule has 2 heterocycles. The summed E-state index contributed by atoms with van der Waals surface area (Å²) in [5, 5.41) is 3.45. The first-order valence-corrected chi connectivity index (χ1v) is 6.21. The van der Waals surface area contributed by atoms with E-state index in [1.807, 2.05) is 11.8 Å². The van der Waals surface area contributed by atoms with Gasteiger partial charge in [0.05, 0.1) is 13.2 Å². The number of nitrogen functional groups attached to an aromatic ring is 1. The molecule has 94 valence electrons. The van der Waals surface area contributed by atoms with Gasteiger partial charge in [0.15, 0.2) is 0 Å². The minimum atomic E-state index is -0.351. The van der Waals surface area contributed by atoms with Gasteiger partial charge in [0, 0.05) is 24.6 Å². The lowest BCUT2D eigenvalue weighted by atomic mass is 10.2. The van der Waals surface area contributed by atoms with Crippen molar-refractivity contribution in [2.75, 3.05) is 36.9 Å². The Balaban J connectivity index is 2.14. The summed E-state index contributed by atoms with van der Waals surface area (Å²) in [6.07, 6.45) is 0. The Morgan fingerprint density at radius 3 is 3.24 bits per heavy atom. The molecule has 3 N–H and O–H groups in total. The molecule has 1 aromatic heterocycles. The van der Waals surface area contributed by atoms with Crippen molar-refractivity contribution < 1.29 is 9.53 Å². The molecule has 2 rings (SSSR count). The van der Waals surface area contributed by atoms with Crippen molar-refractivity contribution in [3.05, 3.63) is 0 Å². The Hall–Kier alpha value is -1.41. The Bertz CT molecular complexity index is 396. The van der Waals surface area contributed by atoms with Crippen LogP contribution < -0.4 is 16.0 Å². The van der Waals surface area contributed by atoms with E-state index in [1.165, 1.54) is 11.5 Å². The number of ether oxygens (including phenoxy) is 1. The topological polar surface area (TPSA) is 93.4 Å². The van der Waals surface area contributed by atoms with Crippen LogP contribution in [0.15, 0.2) is 0 Å². The fourth-order valence-corrected chi connectivity index (χ4v) is 2.36. The maximum Gasteiger partial charge on any atom is 0.245 e. The number of hydrogen-bond donors (Lipinski definition) is 2. The lowest BCUT2D eigenvalue weighted by Gasteiger charge is -2.33. The van der Waals surface area contributed by atoms with Gasteiger partial charge < -0.3 is 20.7 Å². The number of nitrogens with two attached hydrogens (primary N) is 1. The molecule has 1 saturated heterocycles. The van der Waals surface area contributed by atoms with E-state index in [0.29, 0.717) is 31.4 Å². The molecule has 1 aliphatic heterocycles. The average Bonchev–Trinajstić information content (AvgIpc) is 2.76. The van der Waals surface area contributed by atoms with Gasteiger partial charge in [-0.25, -0.2) is 0 Å². The molecule has 1 unspecified atom stereocenters. The molecule has 1 aliphatic rings. The van der Waals surface area contributed by atoms with Crippen LogP contribution >= 0.6 is 11.5 Å². The fourth-order valence-electron chi connectivity index (χ4n) is 1.68. The van der Waals surface area contributed by atoms with Crippen LogP contribution in [0.4, 0.5) is 11.1 Å². The Morgan fingerprint density at radius 2 is 2.59 bits per heavy atom. The molecule has 0 saturated carbocycles. The van der Waals surface area contributed by atoms with E-state index < -0.39 is 0 Å². The van der Waals surface area contributed by atoms with Crippen molar-refractivity contribution >= 4 is 28.5 Å². The summed E-state index contributed by atoms with van der Waals surface area (Å²) >= 11 is 1.20. The van der Waals surface area contributed by atoms with Gasteiger partial charge in [-0.05, 0) is 6.92 Å². The number of carbonyl (C=O) groups excluding carboxylic acids is 1. The van der Waals surface area contributed by atoms with Gasteiger partial charge in [-0.15, -0.1) is 0 Å². The number of morpholine rings is 1. The smallest absolute Gasteiger partial charge is 0.245 e. The molecule has 0 bridgehead atoms. The van der Waals surface area contributed by atoms with E-state index in [9.17, 15) is 4.79 Å². The van der Waals surface area contributed by atoms with Gasteiger partial charge in [0.25, 0.3) is 0 Å². The van der Waals surface area contributed by atoms with Crippen LogP contribution in [-0.2, 0) is 9.53 Å². The van der Waals surface area contributed by atoms with Gasteiger partial charge in [0.2, 0.25) is 17.0 Å². The molecular formula is C9H15N5O2S. The molecule has 1 atom stereocenters. The molecule has 7 nitrogen and oxygen atoms in total. The lowest BCUT2D eigenvalue weighted by molar-refractivity contribution is -0.124. The third-order valence-electron chi connectivity index (χ3n) is 2.46. The van der Waals surface area contributed by atoms with Crippen LogP contribution in [0.25, 0.3) is 0 Å². The first-order valence-electron chi connectivity index (χ1n) is 5.43. The number of carbonyl (C=O) groups is 1. The molecule has 0 aliphatic carbocycles. The maximum atomic E-state index is 11.9. The summed E-state index contributed by atoms with van der Waals surface area (Å²) in [7, 11) is 0. The summed E-state index contributed by atoms with van der Waals surface area (Å²) in [6.45, 7) is 4.05. The predicted molar refractivity (Wildman–Crippen MR) is 65.0 cm³/mol. The van der Waals surface area contributed by atoms with Crippen LogP contribution in [0.3, 0.4) is 0 Å². The highest BCUT2D eigenvalue weighted by atomic mass is 32.1. The van der Waals surface area contributed by atoms with Crippen molar-refractivity contribution in [2.45, 2.75) is 13.0 Å². The average molecular weight is 257 g/mol. The zero-order valence-corrected chi connectivity index (χ0v) is 10.4. The molecule has 0 radical (unpaired) electrons. The highest BCUT2D eigenvalue weighted by Crippen LogP contribution is 2.22.